The predicted molar refractivity (Wildman–Crippen MR) is 99.9 cm³/mol. The molecule has 0 unspecified atom stereocenters. The highest BCUT2D eigenvalue weighted by Gasteiger charge is 2.25. The minimum absolute atomic E-state index is 0.144. The second-order valence-corrected chi connectivity index (χ2v) is 7.80. The average Bonchev–Trinajstić information content (AvgIpc) is 2.91. The Bertz CT molecular complexity index is 452. The van der Waals surface area contributed by atoms with E-state index in [9.17, 15) is 9.59 Å². The number of ether oxygens (including phenoxy) is 1. The molecule has 0 atom stereocenters. The molecule has 1 N–H and O–H groups in total. The van der Waals surface area contributed by atoms with Crippen LogP contribution in [0.15, 0.2) is 0 Å². The molecule has 0 aromatic carbocycles. The highest BCUT2D eigenvalue weighted by molar-refractivity contribution is 5.79. The van der Waals surface area contributed by atoms with Crippen LogP contribution in [-0.2, 0) is 14.3 Å². The van der Waals surface area contributed by atoms with Gasteiger partial charge in [0.25, 0.3) is 0 Å². The van der Waals surface area contributed by atoms with Gasteiger partial charge in [-0.1, -0.05) is 25.7 Å². The quantitative estimate of drug-likeness (QED) is 0.709. The second kappa shape index (κ2) is 10.2. The van der Waals surface area contributed by atoms with Crippen molar-refractivity contribution in [3.05, 3.63) is 0 Å². The van der Waals surface area contributed by atoms with Gasteiger partial charge in [0.1, 0.15) is 0 Å². The molecule has 148 valence electrons. The molecule has 0 bridgehead atoms. The number of hydrogen-bond donors (Lipinski definition) is 1. The monoisotopic (exact) mass is 366 g/mol. The fourth-order valence-corrected chi connectivity index (χ4v) is 4.11. The molecule has 3 fully saturated rings. The van der Waals surface area contributed by atoms with Crippen LogP contribution >= 0.6 is 0 Å². The lowest BCUT2D eigenvalue weighted by atomic mass is 10.1. The first-order valence-electron chi connectivity index (χ1n) is 10.3. The molecule has 1 aliphatic carbocycles. The zero-order valence-electron chi connectivity index (χ0n) is 16.0. The molecule has 7 heteroatoms. The van der Waals surface area contributed by atoms with Gasteiger partial charge in [0.2, 0.25) is 11.8 Å². The van der Waals surface area contributed by atoms with E-state index in [0.717, 1.165) is 65.3 Å². The van der Waals surface area contributed by atoms with Gasteiger partial charge in [-0.15, -0.1) is 0 Å². The van der Waals surface area contributed by atoms with Crippen molar-refractivity contribution in [2.45, 2.75) is 44.6 Å². The molecular formula is C19H34N4O3. The fourth-order valence-electron chi connectivity index (χ4n) is 4.11. The zero-order valence-corrected chi connectivity index (χ0v) is 16.0. The number of nitrogens with one attached hydrogen (secondary N) is 1. The number of carbonyl (C=O) groups excluding carboxylic acids is 2. The molecule has 0 aromatic heterocycles. The zero-order chi connectivity index (χ0) is 18.2. The summed E-state index contributed by atoms with van der Waals surface area (Å²) in [5.41, 5.74) is 0. The van der Waals surface area contributed by atoms with Crippen LogP contribution in [0.3, 0.4) is 0 Å². The number of rotatable bonds is 5. The Morgan fingerprint density at radius 2 is 1.42 bits per heavy atom. The third kappa shape index (κ3) is 6.21. The maximum absolute atomic E-state index is 12.4. The van der Waals surface area contributed by atoms with Crippen molar-refractivity contribution < 1.29 is 14.3 Å². The lowest BCUT2D eigenvalue weighted by Gasteiger charge is -2.36. The van der Waals surface area contributed by atoms with Crippen LogP contribution < -0.4 is 5.32 Å². The van der Waals surface area contributed by atoms with Gasteiger partial charge in [-0.3, -0.25) is 19.4 Å². The molecule has 26 heavy (non-hydrogen) atoms. The molecule has 7 nitrogen and oxygen atoms in total. The van der Waals surface area contributed by atoms with Crippen LogP contribution in [0.1, 0.15) is 38.5 Å². The van der Waals surface area contributed by atoms with Gasteiger partial charge in [-0.05, 0) is 12.8 Å². The normalized spacial score (nSPS) is 24.2. The maximum Gasteiger partial charge on any atom is 0.236 e. The minimum Gasteiger partial charge on any atom is -0.379 e. The van der Waals surface area contributed by atoms with Crippen molar-refractivity contribution in [3.63, 3.8) is 0 Å². The Labute approximate surface area is 157 Å². The predicted octanol–water partition coefficient (Wildman–Crippen LogP) is 0.302. The van der Waals surface area contributed by atoms with Gasteiger partial charge in [0, 0.05) is 45.3 Å². The molecule has 1 saturated carbocycles. The molecule has 3 aliphatic rings. The van der Waals surface area contributed by atoms with Crippen molar-refractivity contribution in [2.75, 3.05) is 65.6 Å². The van der Waals surface area contributed by atoms with E-state index in [1.807, 2.05) is 4.90 Å². The third-order valence-electron chi connectivity index (χ3n) is 5.78. The first-order chi connectivity index (χ1) is 12.7. The summed E-state index contributed by atoms with van der Waals surface area (Å²) in [6.45, 7) is 7.08. The Kier molecular flexibility index (Phi) is 7.70. The summed E-state index contributed by atoms with van der Waals surface area (Å²) in [5.74, 6) is 0.347. The van der Waals surface area contributed by atoms with E-state index < -0.39 is 0 Å². The first-order valence-corrected chi connectivity index (χ1v) is 10.3. The van der Waals surface area contributed by atoms with Gasteiger partial charge in [0.05, 0.1) is 26.3 Å². The molecule has 0 spiro atoms. The molecule has 2 aliphatic heterocycles. The minimum atomic E-state index is 0.144. The van der Waals surface area contributed by atoms with E-state index in [2.05, 4.69) is 15.1 Å². The molecular weight excluding hydrogens is 332 g/mol. The topological polar surface area (TPSA) is 65.1 Å². The smallest absolute Gasteiger partial charge is 0.236 e. The molecule has 2 saturated heterocycles. The number of amides is 2. The van der Waals surface area contributed by atoms with Crippen LogP contribution in [-0.4, -0.2) is 98.1 Å². The number of piperazine rings is 1. The third-order valence-corrected chi connectivity index (χ3v) is 5.78. The van der Waals surface area contributed by atoms with E-state index >= 15 is 0 Å². The second-order valence-electron chi connectivity index (χ2n) is 7.80. The molecule has 2 amide bonds. The van der Waals surface area contributed by atoms with Gasteiger partial charge in [-0.25, -0.2) is 0 Å². The van der Waals surface area contributed by atoms with Crippen molar-refractivity contribution in [2.24, 2.45) is 0 Å². The standard InChI is InChI=1S/C19H34N4O3/c24-18(20-17-5-3-1-2-4-6-17)15-21-7-9-23(10-8-21)19(25)16-22-11-13-26-14-12-22/h17H,1-16H2,(H,20,24). The highest BCUT2D eigenvalue weighted by atomic mass is 16.5. The molecule has 2 heterocycles. The van der Waals surface area contributed by atoms with Gasteiger partial charge in [-0.2, -0.15) is 0 Å². The number of hydrogen-bond acceptors (Lipinski definition) is 5. The van der Waals surface area contributed by atoms with Gasteiger partial charge < -0.3 is 15.0 Å². The summed E-state index contributed by atoms with van der Waals surface area (Å²) >= 11 is 0. The van der Waals surface area contributed by atoms with Gasteiger partial charge >= 0.3 is 0 Å². The van der Waals surface area contributed by atoms with Crippen molar-refractivity contribution in [1.82, 2.24) is 20.0 Å². The van der Waals surface area contributed by atoms with Gasteiger partial charge in [0.15, 0.2) is 0 Å². The van der Waals surface area contributed by atoms with E-state index in [4.69, 9.17) is 4.74 Å². The average molecular weight is 367 g/mol. The summed E-state index contributed by atoms with van der Waals surface area (Å²) < 4.78 is 5.33. The Morgan fingerprint density at radius 1 is 0.808 bits per heavy atom. The Morgan fingerprint density at radius 3 is 2.08 bits per heavy atom. The largest absolute Gasteiger partial charge is 0.379 e. The van der Waals surface area contributed by atoms with Crippen LogP contribution in [0.25, 0.3) is 0 Å². The Balaban J connectivity index is 1.33. The Hall–Kier alpha value is -1.18. The highest BCUT2D eigenvalue weighted by Crippen LogP contribution is 2.17. The van der Waals surface area contributed by atoms with E-state index in [1.165, 1.54) is 25.7 Å². The van der Waals surface area contributed by atoms with E-state index in [1.54, 1.807) is 0 Å². The first kappa shape index (κ1) is 19.6. The lowest BCUT2D eigenvalue weighted by Crippen LogP contribution is -2.54. The van der Waals surface area contributed by atoms with Crippen molar-refractivity contribution in [3.8, 4) is 0 Å². The van der Waals surface area contributed by atoms with E-state index in [0.29, 0.717) is 19.1 Å². The van der Waals surface area contributed by atoms with Crippen LogP contribution in [0.2, 0.25) is 0 Å². The summed E-state index contributed by atoms with van der Waals surface area (Å²) in [6, 6.07) is 0.362. The van der Waals surface area contributed by atoms with E-state index in [-0.39, 0.29) is 11.8 Å². The summed E-state index contributed by atoms with van der Waals surface area (Å²) in [5, 5.41) is 3.21. The molecule has 0 aromatic rings. The number of nitrogens with zero attached hydrogens (tertiary/aromatic N) is 3. The maximum atomic E-state index is 12.4. The van der Waals surface area contributed by atoms with Crippen molar-refractivity contribution >= 4 is 11.8 Å². The summed E-state index contributed by atoms with van der Waals surface area (Å²) in [7, 11) is 0. The summed E-state index contributed by atoms with van der Waals surface area (Å²) in [6.07, 6.45) is 7.30. The van der Waals surface area contributed by atoms with Crippen LogP contribution in [0.4, 0.5) is 0 Å². The lowest BCUT2D eigenvalue weighted by molar-refractivity contribution is -0.135. The number of morpholine rings is 1. The summed E-state index contributed by atoms with van der Waals surface area (Å²) in [4.78, 5) is 31.0. The molecule has 3 rings (SSSR count). The SMILES string of the molecule is O=C(CN1CCN(C(=O)CN2CCOCC2)CC1)NC1CCCCCC1. The van der Waals surface area contributed by atoms with Crippen LogP contribution in [0, 0.1) is 0 Å². The number of carbonyl (C=O) groups is 2. The van der Waals surface area contributed by atoms with Crippen LogP contribution in [0.5, 0.6) is 0 Å². The molecule has 0 radical (unpaired) electrons. The fraction of sp³-hybridized carbons (Fsp3) is 0.895. The van der Waals surface area contributed by atoms with Crippen molar-refractivity contribution in [1.29, 1.82) is 0 Å².